The number of alkyl halides is 3. The lowest BCUT2D eigenvalue weighted by Gasteiger charge is -2.31. The van der Waals surface area contributed by atoms with E-state index in [-0.39, 0.29) is 12.2 Å². The Kier molecular flexibility index (Phi) is 9.56. The van der Waals surface area contributed by atoms with Gasteiger partial charge in [0.15, 0.2) is 0 Å². The lowest BCUT2D eigenvalue weighted by Crippen LogP contribution is -2.51. The van der Waals surface area contributed by atoms with E-state index in [0.29, 0.717) is 33.9 Å². The molecule has 0 spiro atoms. The standard InChI is InChI=1S/C23H27ClF3N3O4S/c1-4-11-28-22(32)16(2)29(14-17-7-5-9-19(24)12-17)21(31)15-30(35(3,33)34)20-10-6-8-18(13-20)23(25,26)27/h5-10,12-13,16H,4,11,14-15H2,1-3H3,(H,28,32)/t16-/m0/s1. The third-order valence-electron chi connectivity index (χ3n) is 5.10. The average molecular weight is 534 g/mol. The van der Waals surface area contributed by atoms with Gasteiger partial charge in [0.25, 0.3) is 0 Å². The van der Waals surface area contributed by atoms with Crippen molar-refractivity contribution in [3.63, 3.8) is 0 Å². The number of rotatable bonds is 10. The van der Waals surface area contributed by atoms with Crippen molar-refractivity contribution in [3.8, 4) is 0 Å². The number of benzene rings is 2. The first-order valence-corrected chi connectivity index (χ1v) is 12.9. The zero-order valence-corrected chi connectivity index (χ0v) is 21.0. The van der Waals surface area contributed by atoms with Crippen LogP contribution in [0.15, 0.2) is 48.5 Å². The average Bonchev–Trinajstić information content (AvgIpc) is 2.77. The minimum absolute atomic E-state index is 0.0691. The molecule has 0 bridgehead atoms. The summed E-state index contributed by atoms with van der Waals surface area (Å²) in [4.78, 5) is 27.1. The number of nitrogens with one attached hydrogen (secondary N) is 1. The van der Waals surface area contributed by atoms with Gasteiger partial charge in [-0.15, -0.1) is 0 Å². The molecule has 0 aliphatic rings. The van der Waals surface area contributed by atoms with E-state index in [9.17, 15) is 31.2 Å². The van der Waals surface area contributed by atoms with Crippen LogP contribution < -0.4 is 9.62 Å². The molecule has 2 rings (SSSR count). The summed E-state index contributed by atoms with van der Waals surface area (Å²) in [6.45, 7) is 2.86. The van der Waals surface area contributed by atoms with E-state index in [0.717, 1.165) is 18.4 Å². The van der Waals surface area contributed by atoms with Gasteiger partial charge in [-0.25, -0.2) is 8.42 Å². The largest absolute Gasteiger partial charge is 0.416 e. The van der Waals surface area contributed by atoms with Gasteiger partial charge in [0.1, 0.15) is 12.6 Å². The van der Waals surface area contributed by atoms with E-state index < -0.39 is 46.2 Å². The number of hydrogen-bond donors (Lipinski definition) is 1. The topological polar surface area (TPSA) is 86.8 Å². The van der Waals surface area contributed by atoms with Crippen LogP contribution in [0.4, 0.5) is 18.9 Å². The third kappa shape index (κ3) is 8.14. The maximum absolute atomic E-state index is 13.3. The molecule has 0 saturated carbocycles. The Morgan fingerprint density at radius 1 is 1.11 bits per heavy atom. The minimum Gasteiger partial charge on any atom is -0.354 e. The highest BCUT2D eigenvalue weighted by molar-refractivity contribution is 7.92. The second-order valence-corrected chi connectivity index (χ2v) is 10.3. The summed E-state index contributed by atoms with van der Waals surface area (Å²) in [6.07, 6.45) is -3.25. The maximum atomic E-state index is 13.3. The van der Waals surface area contributed by atoms with Gasteiger partial charge >= 0.3 is 6.18 Å². The summed E-state index contributed by atoms with van der Waals surface area (Å²) in [6, 6.07) is 9.28. The van der Waals surface area contributed by atoms with Gasteiger partial charge in [0, 0.05) is 18.1 Å². The van der Waals surface area contributed by atoms with Crippen molar-refractivity contribution in [2.24, 2.45) is 0 Å². The number of halogens is 4. The Morgan fingerprint density at radius 2 is 1.77 bits per heavy atom. The van der Waals surface area contributed by atoms with Crippen molar-refractivity contribution in [3.05, 3.63) is 64.7 Å². The molecule has 2 amide bonds. The highest BCUT2D eigenvalue weighted by atomic mass is 35.5. The predicted molar refractivity (Wildman–Crippen MR) is 128 cm³/mol. The molecule has 0 aliphatic heterocycles. The monoisotopic (exact) mass is 533 g/mol. The molecule has 0 heterocycles. The van der Waals surface area contributed by atoms with E-state index >= 15 is 0 Å². The van der Waals surface area contributed by atoms with Crippen LogP contribution in [0, 0.1) is 0 Å². The second-order valence-electron chi connectivity index (χ2n) is 7.94. The molecule has 0 aliphatic carbocycles. The predicted octanol–water partition coefficient (Wildman–Crippen LogP) is 4.07. The minimum atomic E-state index is -4.70. The van der Waals surface area contributed by atoms with E-state index in [2.05, 4.69) is 5.32 Å². The highest BCUT2D eigenvalue weighted by Gasteiger charge is 2.33. The molecule has 2 aromatic rings. The second kappa shape index (κ2) is 11.8. The molecule has 2 aromatic carbocycles. The van der Waals surface area contributed by atoms with Crippen LogP contribution in [-0.2, 0) is 32.3 Å². The first-order chi connectivity index (χ1) is 16.2. The summed E-state index contributed by atoms with van der Waals surface area (Å²) >= 11 is 6.03. The van der Waals surface area contributed by atoms with Gasteiger partial charge in [0.05, 0.1) is 17.5 Å². The van der Waals surface area contributed by atoms with E-state index in [1.54, 1.807) is 24.3 Å². The number of hydrogen-bond acceptors (Lipinski definition) is 4. The van der Waals surface area contributed by atoms with Gasteiger partial charge in [-0.2, -0.15) is 13.2 Å². The smallest absolute Gasteiger partial charge is 0.354 e. The SMILES string of the molecule is CCCNC(=O)[C@H](C)N(Cc1cccc(Cl)c1)C(=O)CN(c1cccc(C(F)(F)F)c1)S(C)(=O)=O. The van der Waals surface area contributed by atoms with E-state index in [1.165, 1.54) is 17.9 Å². The Hall–Kier alpha value is -2.79. The summed E-state index contributed by atoms with van der Waals surface area (Å²) < 4.78 is 65.1. The van der Waals surface area contributed by atoms with Crippen LogP contribution >= 0.6 is 11.6 Å². The van der Waals surface area contributed by atoms with Gasteiger partial charge in [-0.3, -0.25) is 13.9 Å². The lowest BCUT2D eigenvalue weighted by molar-refractivity contribution is -0.139. The van der Waals surface area contributed by atoms with Crippen LogP contribution in [0.25, 0.3) is 0 Å². The zero-order chi connectivity index (χ0) is 26.4. The number of nitrogens with zero attached hydrogens (tertiary/aromatic N) is 2. The maximum Gasteiger partial charge on any atom is 0.416 e. The van der Waals surface area contributed by atoms with Crippen molar-refractivity contribution in [2.45, 2.75) is 39.0 Å². The normalized spacial score (nSPS) is 12.7. The van der Waals surface area contributed by atoms with E-state index in [1.807, 2.05) is 6.92 Å². The lowest BCUT2D eigenvalue weighted by atomic mass is 10.1. The van der Waals surface area contributed by atoms with Crippen molar-refractivity contribution >= 4 is 39.1 Å². The van der Waals surface area contributed by atoms with Crippen LogP contribution in [0.1, 0.15) is 31.4 Å². The Balaban J connectivity index is 2.43. The Bertz CT molecular complexity index is 1160. The molecule has 0 unspecified atom stereocenters. The number of anilines is 1. The number of carbonyl (C=O) groups is 2. The van der Waals surface area contributed by atoms with Gasteiger partial charge in [0.2, 0.25) is 21.8 Å². The third-order valence-corrected chi connectivity index (χ3v) is 6.47. The molecule has 192 valence electrons. The number of sulfonamides is 1. The molecule has 1 N–H and O–H groups in total. The molecule has 0 fully saturated rings. The summed E-state index contributed by atoms with van der Waals surface area (Å²) in [5.74, 6) is -1.22. The molecule has 35 heavy (non-hydrogen) atoms. The van der Waals surface area contributed by atoms with Crippen LogP contribution in [0.5, 0.6) is 0 Å². The Labute approximate surface area is 207 Å². The molecule has 0 aromatic heterocycles. The number of amides is 2. The molecule has 0 saturated heterocycles. The zero-order valence-electron chi connectivity index (χ0n) is 19.5. The molecular formula is C23H27ClF3N3O4S. The van der Waals surface area contributed by atoms with Crippen molar-refractivity contribution in [1.82, 2.24) is 10.2 Å². The molecule has 1 atom stereocenters. The van der Waals surface area contributed by atoms with E-state index in [4.69, 9.17) is 11.6 Å². The summed E-state index contributed by atoms with van der Waals surface area (Å²) in [5, 5.41) is 3.09. The van der Waals surface area contributed by atoms with Gasteiger partial charge in [-0.05, 0) is 49.2 Å². The van der Waals surface area contributed by atoms with Gasteiger partial charge in [-0.1, -0.05) is 36.7 Å². The van der Waals surface area contributed by atoms with Crippen molar-refractivity contribution in [1.29, 1.82) is 0 Å². The fraction of sp³-hybridized carbons (Fsp3) is 0.391. The van der Waals surface area contributed by atoms with Crippen LogP contribution in [0.3, 0.4) is 0 Å². The summed E-state index contributed by atoms with van der Waals surface area (Å²) in [5.41, 5.74) is -0.786. The fourth-order valence-electron chi connectivity index (χ4n) is 3.26. The van der Waals surface area contributed by atoms with Gasteiger partial charge < -0.3 is 10.2 Å². The number of carbonyl (C=O) groups excluding carboxylic acids is 2. The van der Waals surface area contributed by atoms with Crippen LogP contribution in [-0.4, -0.2) is 50.5 Å². The first-order valence-electron chi connectivity index (χ1n) is 10.7. The Morgan fingerprint density at radius 3 is 2.34 bits per heavy atom. The highest BCUT2D eigenvalue weighted by Crippen LogP contribution is 2.32. The van der Waals surface area contributed by atoms with Crippen LogP contribution in [0.2, 0.25) is 5.02 Å². The summed E-state index contributed by atoms with van der Waals surface area (Å²) in [7, 11) is -4.15. The molecule has 7 nitrogen and oxygen atoms in total. The first kappa shape index (κ1) is 28.4. The molecule has 0 radical (unpaired) electrons. The fourth-order valence-corrected chi connectivity index (χ4v) is 4.32. The quantitative estimate of drug-likeness (QED) is 0.499. The van der Waals surface area contributed by atoms with Crippen molar-refractivity contribution in [2.75, 3.05) is 23.7 Å². The van der Waals surface area contributed by atoms with Crippen molar-refractivity contribution < 1.29 is 31.2 Å². The molecule has 12 heteroatoms. The molecular weight excluding hydrogens is 507 g/mol.